The lowest BCUT2D eigenvalue weighted by molar-refractivity contribution is 0.130. The number of furan rings is 1. The van der Waals surface area contributed by atoms with E-state index in [9.17, 15) is 0 Å². The lowest BCUT2D eigenvalue weighted by Crippen LogP contribution is -2.38. The fourth-order valence-electron chi connectivity index (χ4n) is 1.74. The lowest BCUT2D eigenvalue weighted by atomic mass is 10.1. The summed E-state index contributed by atoms with van der Waals surface area (Å²) in [6, 6.07) is 3.89. The Morgan fingerprint density at radius 2 is 2.19 bits per heavy atom. The molecule has 5 nitrogen and oxygen atoms in total. The van der Waals surface area contributed by atoms with Crippen molar-refractivity contribution in [3.05, 3.63) is 24.2 Å². The lowest BCUT2D eigenvalue weighted by Gasteiger charge is -2.11. The molecule has 0 atom stereocenters. The van der Waals surface area contributed by atoms with Crippen LogP contribution in [0.3, 0.4) is 0 Å². The van der Waals surface area contributed by atoms with Crippen molar-refractivity contribution in [3.63, 3.8) is 0 Å². The molecule has 1 heterocycles. The van der Waals surface area contributed by atoms with Crippen LogP contribution in [0, 0.1) is 5.92 Å². The molecule has 0 saturated carbocycles. The van der Waals surface area contributed by atoms with Crippen LogP contribution in [0.2, 0.25) is 0 Å². The van der Waals surface area contributed by atoms with E-state index in [1.165, 1.54) is 0 Å². The smallest absolute Gasteiger partial charge is 0.191 e. The Morgan fingerprint density at radius 3 is 2.86 bits per heavy atom. The van der Waals surface area contributed by atoms with E-state index in [2.05, 4.69) is 36.4 Å². The van der Waals surface area contributed by atoms with Gasteiger partial charge in [0, 0.05) is 26.1 Å². The molecule has 0 aliphatic carbocycles. The quantitative estimate of drug-likeness (QED) is 0.395. The van der Waals surface area contributed by atoms with Gasteiger partial charge >= 0.3 is 0 Å². The Hall–Kier alpha value is -1.49. The zero-order chi connectivity index (χ0) is 15.3. The Labute approximate surface area is 128 Å². The van der Waals surface area contributed by atoms with Crippen LogP contribution in [-0.4, -0.2) is 38.8 Å². The van der Waals surface area contributed by atoms with Gasteiger partial charge in [-0.05, 0) is 31.4 Å². The summed E-state index contributed by atoms with van der Waals surface area (Å²) in [4.78, 5) is 4.49. The Morgan fingerprint density at radius 1 is 1.33 bits per heavy atom. The van der Waals surface area contributed by atoms with Gasteiger partial charge in [-0.15, -0.1) is 0 Å². The Kier molecular flexibility index (Phi) is 9.37. The van der Waals surface area contributed by atoms with Gasteiger partial charge in [-0.3, -0.25) is 4.99 Å². The fourth-order valence-corrected chi connectivity index (χ4v) is 1.74. The fraction of sp³-hybridized carbons (Fsp3) is 0.688. The number of aliphatic imine (C=N–C) groups is 1. The normalized spacial score (nSPS) is 11.9. The molecule has 2 N–H and O–H groups in total. The van der Waals surface area contributed by atoms with Gasteiger partial charge in [0.05, 0.1) is 19.4 Å². The zero-order valence-corrected chi connectivity index (χ0v) is 13.5. The molecule has 1 rings (SSSR count). The summed E-state index contributed by atoms with van der Waals surface area (Å²) in [5.41, 5.74) is 0. The summed E-state index contributed by atoms with van der Waals surface area (Å²) in [6.07, 6.45) is 3.65. The van der Waals surface area contributed by atoms with Crippen molar-refractivity contribution in [2.45, 2.75) is 33.6 Å². The number of nitrogens with one attached hydrogen (secondary N) is 2. The van der Waals surface area contributed by atoms with E-state index in [1.54, 1.807) is 6.26 Å². The van der Waals surface area contributed by atoms with Crippen LogP contribution < -0.4 is 10.6 Å². The second-order valence-electron chi connectivity index (χ2n) is 5.31. The number of hydrogen-bond acceptors (Lipinski definition) is 3. The number of nitrogens with zero attached hydrogens (tertiary/aromatic N) is 1. The molecule has 0 aromatic carbocycles. The highest BCUT2D eigenvalue weighted by Crippen LogP contribution is 1.99. The molecule has 0 spiro atoms. The first-order valence-electron chi connectivity index (χ1n) is 7.84. The second-order valence-corrected chi connectivity index (χ2v) is 5.31. The molecule has 0 unspecified atom stereocenters. The molecule has 0 aliphatic rings. The minimum atomic E-state index is 0.668. The minimum Gasteiger partial charge on any atom is -0.469 e. The maximum absolute atomic E-state index is 5.56. The van der Waals surface area contributed by atoms with Crippen LogP contribution >= 0.6 is 0 Å². The van der Waals surface area contributed by atoms with Crippen molar-refractivity contribution < 1.29 is 9.15 Å². The monoisotopic (exact) mass is 295 g/mol. The Bertz CT molecular complexity index is 375. The molecule has 21 heavy (non-hydrogen) atoms. The highest BCUT2D eigenvalue weighted by Gasteiger charge is 1.99. The molecule has 0 radical (unpaired) electrons. The third-order valence-corrected chi connectivity index (χ3v) is 2.93. The van der Waals surface area contributed by atoms with Crippen molar-refractivity contribution in [1.82, 2.24) is 10.6 Å². The van der Waals surface area contributed by atoms with Gasteiger partial charge in [0.1, 0.15) is 5.76 Å². The molecule has 0 aliphatic heterocycles. The van der Waals surface area contributed by atoms with E-state index >= 15 is 0 Å². The molecule has 0 bridgehead atoms. The molecule has 0 fully saturated rings. The van der Waals surface area contributed by atoms with Crippen LogP contribution in [0.1, 0.15) is 33.0 Å². The molecular formula is C16H29N3O2. The van der Waals surface area contributed by atoms with E-state index in [4.69, 9.17) is 9.15 Å². The summed E-state index contributed by atoms with van der Waals surface area (Å²) in [5.74, 6) is 2.50. The first-order chi connectivity index (χ1) is 10.2. The van der Waals surface area contributed by atoms with Gasteiger partial charge in [0.2, 0.25) is 0 Å². The molecule has 1 aromatic heterocycles. The first kappa shape index (κ1) is 17.6. The van der Waals surface area contributed by atoms with Crippen molar-refractivity contribution in [2.24, 2.45) is 10.9 Å². The average molecular weight is 295 g/mol. The van der Waals surface area contributed by atoms with E-state index in [0.717, 1.165) is 44.3 Å². The molecule has 0 amide bonds. The predicted molar refractivity (Wildman–Crippen MR) is 86.7 cm³/mol. The molecular weight excluding hydrogens is 266 g/mol. The van der Waals surface area contributed by atoms with Gasteiger partial charge in [-0.25, -0.2) is 0 Å². The highest BCUT2D eigenvalue weighted by molar-refractivity contribution is 5.79. The van der Waals surface area contributed by atoms with Crippen molar-refractivity contribution in [2.75, 3.05) is 32.8 Å². The van der Waals surface area contributed by atoms with Gasteiger partial charge in [-0.2, -0.15) is 0 Å². The van der Waals surface area contributed by atoms with Crippen molar-refractivity contribution >= 4 is 5.96 Å². The second kappa shape index (κ2) is 11.2. The SMILES string of the molecule is CCNC(=NCCOCCC(C)C)NCCc1ccco1. The Balaban J connectivity index is 2.16. The molecule has 5 heteroatoms. The van der Waals surface area contributed by atoms with Crippen LogP contribution in [0.5, 0.6) is 0 Å². The molecule has 120 valence electrons. The number of hydrogen-bond donors (Lipinski definition) is 2. The topological polar surface area (TPSA) is 58.8 Å². The van der Waals surface area contributed by atoms with Gasteiger partial charge < -0.3 is 19.8 Å². The predicted octanol–water partition coefficient (Wildman–Crippen LogP) is 2.44. The number of ether oxygens (including phenoxy) is 1. The summed E-state index contributed by atoms with van der Waals surface area (Å²) in [5, 5.41) is 6.52. The van der Waals surface area contributed by atoms with E-state index in [0.29, 0.717) is 19.1 Å². The van der Waals surface area contributed by atoms with Gasteiger partial charge in [-0.1, -0.05) is 13.8 Å². The number of guanidine groups is 1. The summed E-state index contributed by atoms with van der Waals surface area (Å²) >= 11 is 0. The van der Waals surface area contributed by atoms with E-state index < -0.39 is 0 Å². The molecule has 1 aromatic rings. The third kappa shape index (κ3) is 9.13. The average Bonchev–Trinajstić information content (AvgIpc) is 2.95. The largest absolute Gasteiger partial charge is 0.469 e. The van der Waals surface area contributed by atoms with E-state index in [-0.39, 0.29) is 0 Å². The van der Waals surface area contributed by atoms with Gasteiger partial charge in [0.15, 0.2) is 5.96 Å². The summed E-state index contributed by atoms with van der Waals surface area (Å²) in [7, 11) is 0. The summed E-state index contributed by atoms with van der Waals surface area (Å²) in [6.45, 7) is 10.3. The van der Waals surface area contributed by atoms with Gasteiger partial charge in [0.25, 0.3) is 0 Å². The first-order valence-corrected chi connectivity index (χ1v) is 7.84. The number of rotatable bonds is 10. The van der Waals surface area contributed by atoms with Crippen LogP contribution in [0.4, 0.5) is 0 Å². The zero-order valence-electron chi connectivity index (χ0n) is 13.5. The van der Waals surface area contributed by atoms with Crippen LogP contribution in [0.15, 0.2) is 27.8 Å². The molecule has 0 saturated heterocycles. The maximum Gasteiger partial charge on any atom is 0.191 e. The third-order valence-electron chi connectivity index (χ3n) is 2.93. The highest BCUT2D eigenvalue weighted by atomic mass is 16.5. The van der Waals surface area contributed by atoms with Crippen molar-refractivity contribution in [1.29, 1.82) is 0 Å². The maximum atomic E-state index is 5.56. The van der Waals surface area contributed by atoms with E-state index in [1.807, 2.05) is 12.1 Å². The van der Waals surface area contributed by atoms with Crippen LogP contribution in [0.25, 0.3) is 0 Å². The van der Waals surface area contributed by atoms with Crippen molar-refractivity contribution in [3.8, 4) is 0 Å². The minimum absolute atomic E-state index is 0.668. The van der Waals surface area contributed by atoms with Crippen LogP contribution in [-0.2, 0) is 11.2 Å². The summed E-state index contributed by atoms with van der Waals surface area (Å²) < 4.78 is 10.9. The standard InChI is InChI=1S/C16H29N3O2/c1-4-17-16(18-9-7-15-6-5-11-21-15)19-10-13-20-12-8-14(2)3/h5-6,11,14H,4,7-10,12-13H2,1-3H3,(H2,17,18,19).